The van der Waals surface area contributed by atoms with Crippen molar-refractivity contribution in [2.45, 2.75) is 0 Å². The minimum atomic E-state index is -0.751. The maximum absolute atomic E-state index is 14.1. The van der Waals surface area contributed by atoms with Crippen molar-refractivity contribution >= 4 is 46.1 Å². The molecule has 0 unspecified atom stereocenters. The highest BCUT2D eigenvalue weighted by molar-refractivity contribution is 7.13. The quantitative estimate of drug-likeness (QED) is 0.349. The van der Waals surface area contributed by atoms with Crippen LogP contribution in [0.5, 0.6) is 5.75 Å². The van der Waals surface area contributed by atoms with E-state index in [0.29, 0.717) is 11.4 Å². The largest absolute Gasteiger partial charge is 0.495 e. The summed E-state index contributed by atoms with van der Waals surface area (Å²) in [5.74, 6) is -1.53. The number of nitrogens with zero attached hydrogens (tertiary/aromatic N) is 1. The number of thiophene rings is 1. The van der Waals surface area contributed by atoms with Gasteiger partial charge in [-0.3, -0.25) is 14.7 Å². The Bertz CT molecular complexity index is 1290. The Morgan fingerprint density at radius 2 is 1.94 bits per heavy atom. The lowest BCUT2D eigenvalue weighted by atomic mass is 10.2. The standard InChI is InChI=1S/C22H16ClFN4O3S/c1-31-19-7-5-13(10-16(19)26-21(29)14-6-4-12(23)9-15(14)24)25-22(30)18-11-17(27-28-18)20-3-2-8-32-20/h2-11H,1H3,(H,25,30)(H,26,29)(H,27,28). The van der Waals surface area contributed by atoms with E-state index in [1.165, 1.54) is 36.6 Å². The SMILES string of the molecule is COc1ccc(NC(=O)c2cc(-c3cccs3)[nH]n2)cc1NC(=O)c1ccc(Cl)cc1F. The molecule has 2 aromatic heterocycles. The molecule has 32 heavy (non-hydrogen) atoms. The van der Waals surface area contributed by atoms with Crippen molar-refractivity contribution in [3.63, 3.8) is 0 Å². The normalized spacial score (nSPS) is 10.6. The zero-order chi connectivity index (χ0) is 22.7. The van der Waals surface area contributed by atoms with E-state index in [1.807, 2.05) is 17.5 Å². The Morgan fingerprint density at radius 3 is 2.66 bits per heavy atom. The van der Waals surface area contributed by atoms with E-state index in [1.54, 1.807) is 18.2 Å². The van der Waals surface area contributed by atoms with E-state index >= 15 is 0 Å². The number of amides is 2. The second-order valence-electron chi connectivity index (χ2n) is 6.59. The molecular weight excluding hydrogens is 455 g/mol. The van der Waals surface area contributed by atoms with E-state index < -0.39 is 17.6 Å². The fourth-order valence-corrected chi connectivity index (χ4v) is 3.79. The van der Waals surface area contributed by atoms with Gasteiger partial charge in [-0.1, -0.05) is 17.7 Å². The van der Waals surface area contributed by atoms with Gasteiger partial charge in [-0.05, 0) is 53.9 Å². The van der Waals surface area contributed by atoms with Crippen molar-refractivity contribution in [2.24, 2.45) is 0 Å². The molecule has 10 heteroatoms. The third-order valence-corrected chi connectivity index (χ3v) is 5.62. The highest BCUT2D eigenvalue weighted by Gasteiger charge is 2.17. The van der Waals surface area contributed by atoms with Crippen LogP contribution in [0.25, 0.3) is 10.6 Å². The van der Waals surface area contributed by atoms with Gasteiger partial charge < -0.3 is 15.4 Å². The number of benzene rings is 2. The Hall–Kier alpha value is -3.69. The zero-order valence-electron chi connectivity index (χ0n) is 16.6. The molecule has 0 saturated heterocycles. The van der Waals surface area contributed by atoms with Crippen LogP contribution >= 0.6 is 22.9 Å². The first-order chi connectivity index (χ1) is 15.4. The van der Waals surface area contributed by atoms with Crippen LogP contribution in [0.4, 0.5) is 15.8 Å². The first kappa shape index (κ1) is 21.5. The average molecular weight is 471 g/mol. The molecule has 4 aromatic rings. The molecule has 0 bridgehead atoms. The number of aromatic amines is 1. The molecule has 2 amide bonds. The number of halogens is 2. The predicted molar refractivity (Wildman–Crippen MR) is 122 cm³/mol. The molecule has 0 radical (unpaired) electrons. The van der Waals surface area contributed by atoms with Crippen molar-refractivity contribution in [2.75, 3.05) is 17.7 Å². The van der Waals surface area contributed by atoms with Crippen molar-refractivity contribution in [3.8, 4) is 16.3 Å². The van der Waals surface area contributed by atoms with E-state index in [-0.39, 0.29) is 22.0 Å². The van der Waals surface area contributed by atoms with Crippen LogP contribution in [0.3, 0.4) is 0 Å². The smallest absolute Gasteiger partial charge is 0.276 e. The van der Waals surface area contributed by atoms with Gasteiger partial charge in [0.25, 0.3) is 11.8 Å². The highest BCUT2D eigenvalue weighted by Crippen LogP contribution is 2.29. The highest BCUT2D eigenvalue weighted by atomic mass is 35.5. The summed E-state index contributed by atoms with van der Waals surface area (Å²) in [6.45, 7) is 0. The fraction of sp³-hybridized carbons (Fsp3) is 0.0455. The Labute approximate surface area is 191 Å². The van der Waals surface area contributed by atoms with Crippen LogP contribution in [0, 0.1) is 5.82 Å². The van der Waals surface area contributed by atoms with Gasteiger partial charge in [-0.25, -0.2) is 4.39 Å². The molecule has 0 aliphatic rings. The van der Waals surface area contributed by atoms with E-state index in [4.69, 9.17) is 16.3 Å². The Kier molecular flexibility index (Phi) is 6.20. The van der Waals surface area contributed by atoms with Gasteiger partial charge in [0.1, 0.15) is 11.6 Å². The number of carbonyl (C=O) groups excluding carboxylic acids is 2. The molecule has 7 nitrogen and oxygen atoms in total. The molecule has 0 atom stereocenters. The minimum Gasteiger partial charge on any atom is -0.495 e. The molecule has 162 valence electrons. The number of aromatic nitrogens is 2. The summed E-state index contributed by atoms with van der Waals surface area (Å²) >= 11 is 7.27. The Balaban J connectivity index is 1.52. The molecular formula is C22H16ClFN4O3S. The number of methoxy groups -OCH3 is 1. The number of hydrogen-bond acceptors (Lipinski definition) is 5. The summed E-state index contributed by atoms with van der Waals surface area (Å²) in [7, 11) is 1.43. The fourth-order valence-electron chi connectivity index (χ4n) is 2.94. The summed E-state index contributed by atoms with van der Waals surface area (Å²) < 4.78 is 19.3. The lowest BCUT2D eigenvalue weighted by Crippen LogP contribution is -2.16. The minimum absolute atomic E-state index is 0.177. The number of carbonyl (C=O) groups is 2. The number of ether oxygens (including phenoxy) is 1. The number of anilines is 2. The molecule has 0 aliphatic carbocycles. The summed E-state index contributed by atoms with van der Waals surface area (Å²) in [6.07, 6.45) is 0. The predicted octanol–water partition coefficient (Wildman–Crippen LogP) is 5.44. The van der Waals surface area contributed by atoms with Crippen molar-refractivity contribution in [1.29, 1.82) is 0 Å². The van der Waals surface area contributed by atoms with Crippen molar-refractivity contribution < 1.29 is 18.7 Å². The number of hydrogen-bond donors (Lipinski definition) is 3. The first-order valence-corrected chi connectivity index (χ1v) is 10.6. The summed E-state index contributed by atoms with van der Waals surface area (Å²) in [6, 6.07) is 13.9. The number of rotatable bonds is 6. The Morgan fingerprint density at radius 1 is 1.09 bits per heavy atom. The third kappa shape index (κ3) is 4.63. The number of nitrogens with one attached hydrogen (secondary N) is 3. The lowest BCUT2D eigenvalue weighted by Gasteiger charge is -2.13. The van der Waals surface area contributed by atoms with Crippen LogP contribution in [-0.4, -0.2) is 29.1 Å². The van der Waals surface area contributed by atoms with Crippen molar-refractivity contribution in [1.82, 2.24) is 10.2 Å². The molecule has 4 rings (SSSR count). The van der Waals surface area contributed by atoms with E-state index in [2.05, 4.69) is 20.8 Å². The van der Waals surface area contributed by atoms with Crippen LogP contribution in [0.15, 0.2) is 60.0 Å². The van der Waals surface area contributed by atoms with Gasteiger partial charge in [-0.15, -0.1) is 11.3 Å². The second-order valence-corrected chi connectivity index (χ2v) is 7.98. The van der Waals surface area contributed by atoms with E-state index in [9.17, 15) is 14.0 Å². The summed E-state index contributed by atoms with van der Waals surface area (Å²) in [4.78, 5) is 26.1. The third-order valence-electron chi connectivity index (χ3n) is 4.48. The van der Waals surface area contributed by atoms with Crippen LogP contribution < -0.4 is 15.4 Å². The van der Waals surface area contributed by atoms with Gasteiger partial charge in [0.05, 0.1) is 28.9 Å². The summed E-state index contributed by atoms with van der Waals surface area (Å²) in [5.41, 5.74) is 1.41. The van der Waals surface area contributed by atoms with Crippen LogP contribution in [-0.2, 0) is 0 Å². The van der Waals surface area contributed by atoms with Gasteiger partial charge in [-0.2, -0.15) is 5.10 Å². The van der Waals surface area contributed by atoms with Gasteiger partial charge in [0.2, 0.25) is 0 Å². The second kappa shape index (κ2) is 9.21. The van der Waals surface area contributed by atoms with Gasteiger partial charge in [0, 0.05) is 10.7 Å². The molecule has 0 aliphatic heterocycles. The maximum atomic E-state index is 14.1. The van der Waals surface area contributed by atoms with Crippen LogP contribution in [0.1, 0.15) is 20.8 Å². The molecule has 0 fully saturated rings. The van der Waals surface area contributed by atoms with Crippen molar-refractivity contribution in [3.05, 3.63) is 82.1 Å². The lowest BCUT2D eigenvalue weighted by molar-refractivity contribution is 0.101. The first-order valence-electron chi connectivity index (χ1n) is 9.29. The molecule has 0 saturated carbocycles. The van der Waals surface area contributed by atoms with Gasteiger partial charge >= 0.3 is 0 Å². The van der Waals surface area contributed by atoms with E-state index in [0.717, 1.165) is 16.6 Å². The number of H-pyrrole nitrogens is 1. The summed E-state index contributed by atoms with van der Waals surface area (Å²) in [5, 5.41) is 14.3. The monoisotopic (exact) mass is 470 g/mol. The van der Waals surface area contributed by atoms with Crippen LogP contribution in [0.2, 0.25) is 5.02 Å². The molecule has 3 N–H and O–H groups in total. The van der Waals surface area contributed by atoms with Gasteiger partial charge in [0.15, 0.2) is 5.69 Å². The maximum Gasteiger partial charge on any atom is 0.276 e. The zero-order valence-corrected chi connectivity index (χ0v) is 18.2. The molecule has 0 spiro atoms. The topological polar surface area (TPSA) is 96.1 Å². The molecule has 2 aromatic carbocycles. The average Bonchev–Trinajstić information content (AvgIpc) is 3.46. The molecule has 2 heterocycles.